The molecule has 1 unspecified atom stereocenters. The molecule has 7 nitrogen and oxygen atoms in total. The molecule has 144 valence electrons. The largest absolute Gasteiger partial charge is 0.481 e. The molecule has 0 aliphatic carbocycles. The highest BCUT2D eigenvalue weighted by Gasteiger charge is 2.26. The van der Waals surface area contributed by atoms with E-state index in [1.807, 2.05) is 19.1 Å². The second-order valence-corrected chi connectivity index (χ2v) is 7.00. The third-order valence-corrected chi connectivity index (χ3v) is 4.86. The number of aromatic nitrogens is 2. The number of hydrogen-bond acceptors (Lipinski definition) is 4. The summed E-state index contributed by atoms with van der Waals surface area (Å²) < 4.78 is 7.27. The summed E-state index contributed by atoms with van der Waals surface area (Å²) in [4.78, 5) is 25.6. The van der Waals surface area contributed by atoms with Crippen molar-refractivity contribution < 1.29 is 19.4 Å². The Morgan fingerprint density at radius 1 is 1.44 bits per heavy atom. The molecule has 8 heteroatoms. The highest BCUT2D eigenvalue weighted by molar-refractivity contribution is 6.30. The van der Waals surface area contributed by atoms with Gasteiger partial charge in [0.2, 0.25) is 0 Å². The van der Waals surface area contributed by atoms with Gasteiger partial charge >= 0.3 is 5.97 Å². The normalized spacial score (nSPS) is 16.4. The molecule has 1 N–H and O–H groups in total. The van der Waals surface area contributed by atoms with Crippen molar-refractivity contribution in [1.29, 1.82) is 0 Å². The third kappa shape index (κ3) is 4.67. The van der Waals surface area contributed by atoms with Crippen molar-refractivity contribution >= 4 is 23.5 Å². The first-order valence-electron chi connectivity index (χ1n) is 8.89. The van der Waals surface area contributed by atoms with Crippen LogP contribution in [-0.4, -0.2) is 57.5 Å². The number of carboxylic acid groups (broad SMARTS) is 1. The summed E-state index contributed by atoms with van der Waals surface area (Å²) in [5.74, 6) is -1.18. The van der Waals surface area contributed by atoms with Crippen LogP contribution in [0.2, 0.25) is 5.02 Å². The molecule has 1 atom stereocenters. The molecule has 1 aromatic carbocycles. The molecule has 1 saturated heterocycles. The Bertz CT molecular complexity index is 830. The number of benzene rings is 1. The van der Waals surface area contributed by atoms with Crippen molar-refractivity contribution in [2.24, 2.45) is 0 Å². The van der Waals surface area contributed by atoms with Crippen LogP contribution < -0.4 is 0 Å². The van der Waals surface area contributed by atoms with E-state index in [4.69, 9.17) is 21.4 Å². The molecule has 2 aromatic rings. The molecule has 1 amide bonds. The van der Waals surface area contributed by atoms with Crippen molar-refractivity contribution in [2.45, 2.75) is 32.3 Å². The highest BCUT2D eigenvalue weighted by Crippen LogP contribution is 2.20. The molecule has 2 heterocycles. The first-order valence-corrected chi connectivity index (χ1v) is 9.26. The summed E-state index contributed by atoms with van der Waals surface area (Å²) in [6, 6.07) is 7.21. The number of carboxylic acids is 1. The first kappa shape index (κ1) is 19.4. The van der Waals surface area contributed by atoms with Gasteiger partial charge in [0.05, 0.1) is 35.7 Å². The van der Waals surface area contributed by atoms with Crippen LogP contribution in [0.5, 0.6) is 0 Å². The van der Waals surface area contributed by atoms with Gasteiger partial charge in [-0.3, -0.25) is 9.59 Å². The highest BCUT2D eigenvalue weighted by atomic mass is 35.5. The van der Waals surface area contributed by atoms with Crippen molar-refractivity contribution in [2.75, 3.05) is 19.7 Å². The van der Waals surface area contributed by atoms with E-state index in [0.29, 0.717) is 29.4 Å². The molecule has 1 aliphatic rings. The fraction of sp³-hybridized carbons (Fsp3) is 0.421. The minimum absolute atomic E-state index is 0.0500. The third-order valence-electron chi connectivity index (χ3n) is 4.62. The maximum Gasteiger partial charge on any atom is 0.305 e. The van der Waals surface area contributed by atoms with E-state index in [0.717, 1.165) is 18.5 Å². The second-order valence-electron chi connectivity index (χ2n) is 6.57. The summed E-state index contributed by atoms with van der Waals surface area (Å²) in [6.07, 6.45) is 3.18. The summed E-state index contributed by atoms with van der Waals surface area (Å²) in [7, 11) is 0. The fourth-order valence-electron chi connectivity index (χ4n) is 3.20. The number of rotatable bonds is 7. The van der Waals surface area contributed by atoms with Crippen LogP contribution in [0.15, 0.2) is 30.5 Å². The zero-order valence-corrected chi connectivity index (χ0v) is 15.9. The number of carbonyl (C=O) groups is 2. The Labute approximate surface area is 162 Å². The molecule has 0 saturated carbocycles. The van der Waals surface area contributed by atoms with Gasteiger partial charge in [0, 0.05) is 24.7 Å². The van der Waals surface area contributed by atoms with Crippen LogP contribution in [0.3, 0.4) is 0 Å². The van der Waals surface area contributed by atoms with Gasteiger partial charge in [-0.2, -0.15) is 5.10 Å². The average molecular weight is 392 g/mol. The number of amides is 1. The van der Waals surface area contributed by atoms with Gasteiger partial charge in [-0.05, 0) is 38.0 Å². The van der Waals surface area contributed by atoms with E-state index in [9.17, 15) is 9.59 Å². The SMILES string of the molecule is Cc1c(C(=O)N(CCC(=O)O)CC2CCCO2)cnn1-c1cccc(Cl)c1. The lowest BCUT2D eigenvalue weighted by atomic mass is 10.1. The predicted molar refractivity (Wildman–Crippen MR) is 100 cm³/mol. The minimum atomic E-state index is -0.938. The molecule has 0 bridgehead atoms. The smallest absolute Gasteiger partial charge is 0.305 e. The summed E-state index contributed by atoms with van der Waals surface area (Å²) in [5, 5.41) is 13.9. The Kier molecular flexibility index (Phi) is 6.13. The number of halogens is 1. The quantitative estimate of drug-likeness (QED) is 0.784. The molecular weight excluding hydrogens is 370 g/mol. The van der Waals surface area contributed by atoms with Crippen LogP contribution in [0, 0.1) is 6.92 Å². The average Bonchev–Trinajstić information content (AvgIpc) is 3.27. The standard InChI is InChI=1S/C19H22ClN3O4/c1-13-17(11-21-23(13)15-5-2-4-14(20)10-15)19(26)22(8-7-18(24)25)12-16-6-3-9-27-16/h2,4-5,10-11,16H,3,6-9,12H2,1H3,(H,24,25). The van der Waals surface area contributed by atoms with Gasteiger partial charge in [0.1, 0.15) is 0 Å². The molecule has 27 heavy (non-hydrogen) atoms. The van der Waals surface area contributed by atoms with E-state index in [-0.39, 0.29) is 25.0 Å². The molecule has 0 spiro atoms. The zero-order chi connectivity index (χ0) is 19.4. The molecule has 0 radical (unpaired) electrons. The lowest BCUT2D eigenvalue weighted by molar-refractivity contribution is -0.137. The van der Waals surface area contributed by atoms with E-state index in [1.165, 1.54) is 6.20 Å². The van der Waals surface area contributed by atoms with Gasteiger partial charge in [-0.25, -0.2) is 4.68 Å². The van der Waals surface area contributed by atoms with E-state index in [1.54, 1.807) is 21.7 Å². The number of hydrogen-bond donors (Lipinski definition) is 1. The Morgan fingerprint density at radius 2 is 2.26 bits per heavy atom. The van der Waals surface area contributed by atoms with Crippen LogP contribution in [0.1, 0.15) is 35.3 Å². The topological polar surface area (TPSA) is 84.7 Å². The first-order chi connectivity index (χ1) is 13.0. The molecule has 1 aromatic heterocycles. The summed E-state index contributed by atoms with van der Waals surface area (Å²) in [6.45, 7) is 3.00. The minimum Gasteiger partial charge on any atom is -0.481 e. The molecular formula is C19H22ClN3O4. The summed E-state index contributed by atoms with van der Waals surface area (Å²) in [5.41, 5.74) is 1.88. The van der Waals surface area contributed by atoms with Gasteiger partial charge in [-0.15, -0.1) is 0 Å². The van der Waals surface area contributed by atoms with Crippen molar-refractivity contribution in [3.63, 3.8) is 0 Å². The Balaban J connectivity index is 1.83. The van der Waals surface area contributed by atoms with Gasteiger partial charge in [0.15, 0.2) is 0 Å². The molecule has 1 aliphatic heterocycles. The number of carbonyl (C=O) groups excluding carboxylic acids is 1. The van der Waals surface area contributed by atoms with Crippen LogP contribution >= 0.6 is 11.6 Å². The second kappa shape index (κ2) is 8.54. The van der Waals surface area contributed by atoms with Crippen molar-refractivity contribution in [1.82, 2.24) is 14.7 Å². The van der Waals surface area contributed by atoms with Crippen LogP contribution in [0.4, 0.5) is 0 Å². The Morgan fingerprint density at radius 3 is 2.93 bits per heavy atom. The maximum absolute atomic E-state index is 13.1. The number of nitrogens with zero attached hydrogens (tertiary/aromatic N) is 3. The van der Waals surface area contributed by atoms with Crippen LogP contribution in [0.25, 0.3) is 5.69 Å². The van der Waals surface area contributed by atoms with Gasteiger partial charge in [-0.1, -0.05) is 17.7 Å². The van der Waals surface area contributed by atoms with E-state index < -0.39 is 5.97 Å². The predicted octanol–water partition coefficient (Wildman–Crippen LogP) is 2.93. The van der Waals surface area contributed by atoms with Crippen molar-refractivity contribution in [3.05, 3.63) is 46.7 Å². The lowest BCUT2D eigenvalue weighted by Crippen LogP contribution is -2.39. The maximum atomic E-state index is 13.1. The lowest BCUT2D eigenvalue weighted by Gasteiger charge is -2.25. The monoisotopic (exact) mass is 391 g/mol. The van der Waals surface area contributed by atoms with E-state index in [2.05, 4.69) is 5.10 Å². The van der Waals surface area contributed by atoms with Gasteiger partial charge in [0.25, 0.3) is 5.91 Å². The fourth-order valence-corrected chi connectivity index (χ4v) is 3.38. The zero-order valence-electron chi connectivity index (χ0n) is 15.1. The molecule has 1 fully saturated rings. The summed E-state index contributed by atoms with van der Waals surface area (Å²) >= 11 is 6.05. The van der Waals surface area contributed by atoms with Crippen molar-refractivity contribution in [3.8, 4) is 5.69 Å². The van der Waals surface area contributed by atoms with E-state index >= 15 is 0 Å². The number of aliphatic carboxylic acids is 1. The van der Waals surface area contributed by atoms with Gasteiger partial charge < -0.3 is 14.7 Å². The molecule has 3 rings (SSSR count). The van der Waals surface area contributed by atoms with Crippen LogP contribution in [-0.2, 0) is 9.53 Å². The number of ether oxygens (including phenoxy) is 1. The Hall–Kier alpha value is -2.38.